The number of fused-ring (bicyclic) bond motifs is 1. The molecule has 1 amide bonds. The normalized spacial score (nSPS) is 23.9. The standard InChI is InChI=1S/C23H28N2O3S/c26-22(12-14-29(27,28)21-9-5-2-6-10-21)25-16-20-15-24-17-23(20,18-25)13-11-19-7-3-1-4-8-19/h1-10,20,24H,11-18H2. The average molecular weight is 413 g/mol. The van der Waals surface area contributed by atoms with Gasteiger partial charge in [-0.1, -0.05) is 48.5 Å². The molecule has 0 radical (unpaired) electrons. The number of carbonyl (C=O) groups is 1. The van der Waals surface area contributed by atoms with Crippen molar-refractivity contribution in [3.05, 3.63) is 66.2 Å². The maximum absolute atomic E-state index is 12.8. The molecule has 2 aromatic carbocycles. The Morgan fingerprint density at radius 3 is 2.48 bits per heavy atom. The number of likely N-dealkylation sites (tertiary alicyclic amines) is 1. The second-order valence-electron chi connectivity index (χ2n) is 8.33. The van der Waals surface area contributed by atoms with E-state index in [2.05, 4.69) is 29.6 Å². The van der Waals surface area contributed by atoms with Crippen molar-refractivity contribution in [2.75, 3.05) is 31.9 Å². The molecule has 0 aliphatic carbocycles. The number of aryl methyl sites for hydroxylation is 1. The molecule has 4 rings (SSSR count). The third-order valence-corrected chi connectivity index (χ3v) is 8.21. The quantitative estimate of drug-likeness (QED) is 0.759. The van der Waals surface area contributed by atoms with Gasteiger partial charge >= 0.3 is 0 Å². The van der Waals surface area contributed by atoms with E-state index in [9.17, 15) is 13.2 Å². The lowest BCUT2D eigenvalue weighted by Crippen LogP contribution is -2.36. The average Bonchev–Trinajstić information content (AvgIpc) is 3.30. The van der Waals surface area contributed by atoms with E-state index >= 15 is 0 Å². The number of hydrogen-bond acceptors (Lipinski definition) is 4. The predicted molar refractivity (Wildman–Crippen MR) is 113 cm³/mol. The molecule has 0 aromatic heterocycles. The SMILES string of the molecule is O=C(CCS(=O)(=O)c1ccccc1)N1CC2CNCC2(CCc2ccccc2)C1. The Morgan fingerprint density at radius 1 is 1.07 bits per heavy atom. The Kier molecular flexibility index (Phi) is 5.74. The van der Waals surface area contributed by atoms with Crippen LogP contribution < -0.4 is 5.32 Å². The van der Waals surface area contributed by atoms with Crippen molar-refractivity contribution in [2.24, 2.45) is 11.3 Å². The van der Waals surface area contributed by atoms with Crippen molar-refractivity contribution >= 4 is 15.7 Å². The smallest absolute Gasteiger partial charge is 0.223 e. The largest absolute Gasteiger partial charge is 0.342 e. The van der Waals surface area contributed by atoms with Crippen molar-refractivity contribution < 1.29 is 13.2 Å². The van der Waals surface area contributed by atoms with Crippen molar-refractivity contribution in [3.8, 4) is 0 Å². The number of rotatable bonds is 7. The zero-order chi connectivity index (χ0) is 20.3. The first-order valence-electron chi connectivity index (χ1n) is 10.3. The Balaban J connectivity index is 1.37. The van der Waals surface area contributed by atoms with Gasteiger partial charge in [-0.05, 0) is 36.5 Å². The summed E-state index contributed by atoms with van der Waals surface area (Å²) in [5.41, 5.74) is 1.43. The fourth-order valence-electron chi connectivity index (χ4n) is 4.74. The van der Waals surface area contributed by atoms with E-state index in [1.807, 2.05) is 11.0 Å². The molecule has 5 nitrogen and oxygen atoms in total. The van der Waals surface area contributed by atoms with Crippen LogP contribution in [0.15, 0.2) is 65.6 Å². The third kappa shape index (κ3) is 4.38. The van der Waals surface area contributed by atoms with Gasteiger partial charge in [-0.25, -0.2) is 8.42 Å². The number of sulfone groups is 1. The minimum Gasteiger partial charge on any atom is -0.342 e. The summed E-state index contributed by atoms with van der Waals surface area (Å²) < 4.78 is 25.0. The molecule has 2 fully saturated rings. The van der Waals surface area contributed by atoms with Gasteiger partial charge in [0.05, 0.1) is 10.6 Å². The molecule has 0 saturated carbocycles. The first kappa shape index (κ1) is 20.1. The molecule has 6 heteroatoms. The van der Waals surface area contributed by atoms with E-state index in [0.717, 1.165) is 39.0 Å². The molecule has 2 atom stereocenters. The molecule has 2 aliphatic rings. The summed E-state index contributed by atoms with van der Waals surface area (Å²) in [6, 6.07) is 18.8. The second-order valence-corrected chi connectivity index (χ2v) is 10.4. The number of amides is 1. The maximum Gasteiger partial charge on any atom is 0.223 e. The Hall–Kier alpha value is -2.18. The van der Waals surface area contributed by atoms with Gasteiger partial charge in [0.25, 0.3) is 0 Å². The molecule has 0 spiro atoms. The van der Waals surface area contributed by atoms with Crippen LogP contribution in [0.2, 0.25) is 0 Å². The van der Waals surface area contributed by atoms with Crippen molar-refractivity contribution in [1.29, 1.82) is 0 Å². The Morgan fingerprint density at radius 2 is 1.76 bits per heavy atom. The molecular weight excluding hydrogens is 384 g/mol. The molecule has 2 aliphatic heterocycles. The number of carbonyl (C=O) groups excluding carboxylic acids is 1. The van der Waals surface area contributed by atoms with Crippen LogP contribution in [-0.2, 0) is 21.1 Å². The fraction of sp³-hybridized carbons (Fsp3) is 0.435. The second kappa shape index (κ2) is 8.28. The van der Waals surface area contributed by atoms with Crippen LogP contribution >= 0.6 is 0 Å². The molecule has 2 aromatic rings. The maximum atomic E-state index is 12.8. The third-order valence-electron chi connectivity index (χ3n) is 6.47. The lowest BCUT2D eigenvalue weighted by atomic mass is 9.76. The van der Waals surface area contributed by atoms with E-state index in [-0.39, 0.29) is 28.4 Å². The monoisotopic (exact) mass is 412 g/mol. The topological polar surface area (TPSA) is 66.5 Å². The van der Waals surface area contributed by atoms with Crippen LogP contribution in [0, 0.1) is 11.3 Å². The highest BCUT2D eigenvalue weighted by molar-refractivity contribution is 7.91. The van der Waals surface area contributed by atoms with E-state index < -0.39 is 9.84 Å². The first-order valence-corrected chi connectivity index (χ1v) is 11.9. The van der Waals surface area contributed by atoms with Crippen LogP contribution in [-0.4, -0.2) is 51.2 Å². The molecule has 29 heavy (non-hydrogen) atoms. The van der Waals surface area contributed by atoms with Crippen LogP contribution in [0.25, 0.3) is 0 Å². The summed E-state index contributed by atoms with van der Waals surface area (Å²) in [4.78, 5) is 15.0. The van der Waals surface area contributed by atoms with Gasteiger partial charge in [-0.3, -0.25) is 4.79 Å². The first-order chi connectivity index (χ1) is 14.0. The molecule has 154 valence electrons. The molecule has 2 heterocycles. The minimum atomic E-state index is -3.42. The number of benzene rings is 2. The van der Waals surface area contributed by atoms with Gasteiger partial charge < -0.3 is 10.2 Å². The highest BCUT2D eigenvalue weighted by Crippen LogP contribution is 2.42. The zero-order valence-electron chi connectivity index (χ0n) is 16.6. The van der Waals surface area contributed by atoms with E-state index in [0.29, 0.717) is 5.92 Å². The molecule has 0 bridgehead atoms. The van der Waals surface area contributed by atoms with Crippen LogP contribution in [0.4, 0.5) is 0 Å². The van der Waals surface area contributed by atoms with E-state index in [1.54, 1.807) is 30.3 Å². The van der Waals surface area contributed by atoms with Gasteiger partial charge in [0.15, 0.2) is 9.84 Å². The Labute approximate surface area is 173 Å². The van der Waals surface area contributed by atoms with Crippen LogP contribution in [0.3, 0.4) is 0 Å². The van der Waals surface area contributed by atoms with Crippen LogP contribution in [0.5, 0.6) is 0 Å². The summed E-state index contributed by atoms with van der Waals surface area (Å²) in [7, 11) is -3.42. The number of hydrogen-bond donors (Lipinski definition) is 1. The predicted octanol–water partition coefficient (Wildman–Crippen LogP) is 2.53. The highest BCUT2D eigenvalue weighted by atomic mass is 32.2. The van der Waals surface area contributed by atoms with Gasteiger partial charge in [0.1, 0.15) is 0 Å². The fourth-order valence-corrected chi connectivity index (χ4v) is 5.99. The zero-order valence-corrected chi connectivity index (χ0v) is 17.4. The van der Waals surface area contributed by atoms with Gasteiger partial charge in [-0.15, -0.1) is 0 Å². The van der Waals surface area contributed by atoms with Gasteiger partial charge in [0, 0.05) is 38.0 Å². The van der Waals surface area contributed by atoms with Crippen molar-refractivity contribution in [2.45, 2.75) is 24.2 Å². The summed E-state index contributed by atoms with van der Waals surface area (Å²) in [6.45, 7) is 3.31. The molecule has 2 unspecified atom stereocenters. The lowest BCUT2D eigenvalue weighted by Gasteiger charge is -2.28. The summed E-state index contributed by atoms with van der Waals surface area (Å²) >= 11 is 0. The lowest BCUT2D eigenvalue weighted by molar-refractivity contribution is -0.130. The summed E-state index contributed by atoms with van der Waals surface area (Å²) in [5, 5.41) is 3.50. The van der Waals surface area contributed by atoms with Crippen LogP contribution in [0.1, 0.15) is 18.4 Å². The summed E-state index contributed by atoms with van der Waals surface area (Å²) in [5.74, 6) is 0.269. The van der Waals surface area contributed by atoms with Crippen molar-refractivity contribution in [1.82, 2.24) is 10.2 Å². The van der Waals surface area contributed by atoms with Gasteiger partial charge in [0.2, 0.25) is 5.91 Å². The molecular formula is C23H28N2O3S. The number of nitrogens with zero attached hydrogens (tertiary/aromatic N) is 1. The summed E-state index contributed by atoms with van der Waals surface area (Å²) in [6.07, 6.45) is 2.09. The van der Waals surface area contributed by atoms with Gasteiger partial charge in [-0.2, -0.15) is 0 Å². The van der Waals surface area contributed by atoms with E-state index in [4.69, 9.17) is 0 Å². The van der Waals surface area contributed by atoms with E-state index in [1.165, 1.54) is 5.56 Å². The molecule has 2 saturated heterocycles. The number of nitrogens with one attached hydrogen (secondary N) is 1. The highest BCUT2D eigenvalue weighted by Gasteiger charge is 2.50. The van der Waals surface area contributed by atoms with Crippen molar-refractivity contribution in [3.63, 3.8) is 0 Å². The molecule has 1 N–H and O–H groups in total. The Bertz CT molecular complexity index is 947. The minimum absolute atomic E-state index is 0.0435.